The number of carbonyl (C=O) groups is 1. The van der Waals surface area contributed by atoms with Crippen molar-refractivity contribution in [2.75, 3.05) is 0 Å². The van der Waals surface area contributed by atoms with Crippen LogP contribution in [0.2, 0.25) is 0 Å². The van der Waals surface area contributed by atoms with Crippen LogP contribution in [0.3, 0.4) is 0 Å². The number of amides is 1. The molecular formula is C25H37NO3. The van der Waals surface area contributed by atoms with E-state index in [9.17, 15) is 15.0 Å². The fraction of sp³-hybridized carbons (Fsp3) is 0.720. The zero-order chi connectivity index (χ0) is 20.6. The maximum absolute atomic E-state index is 10.9. The van der Waals surface area contributed by atoms with Crippen LogP contribution >= 0.6 is 0 Å². The Labute approximate surface area is 174 Å². The number of unbranched alkanes of at least 4 members (excludes halogenated alkanes) is 3. The van der Waals surface area contributed by atoms with Crippen molar-refractivity contribution in [3.8, 4) is 5.75 Å². The molecule has 29 heavy (non-hydrogen) atoms. The summed E-state index contributed by atoms with van der Waals surface area (Å²) in [6.07, 6.45) is 11.3. The standard InChI is InChI=1S/C25H37NO3/c1-25-15-17(6-4-2-3-5-7-23(26)29)24-19-11-9-18(27)14-16(19)8-10-20(24)21(25)12-13-22(25)28/h9,11,14,17,20-22,24,27-28H,2-8,10,12-13,15H2,1H3,(H2,26,29)/t17-,20-,21-,22-,24+,25-/m0/s1. The molecule has 4 rings (SSSR count). The molecule has 0 bridgehead atoms. The quantitative estimate of drug-likeness (QED) is 0.583. The second-order valence-electron chi connectivity index (χ2n) is 10.2. The lowest BCUT2D eigenvalue weighted by atomic mass is 9.51. The van der Waals surface area contributed by atoms with Crippen LogP contribution in [0.5, 0.6) is 5.75 Å². The Morgan fingerprint density at radius 2 is 1.97 bits per heavy atom. The summed E-state index contributed by atoms with van der Waals surface area (Å²) in [5, 5.41) is 20.8. The second kappa shape index (κ2) is 8.29. The van der Waals surface area contributed by atoms with Crippen LogP contribution in [0.25, 0.3) is 0 Å². The van der Waals surface area contributed by atoms with Crippen molar-refractivity contribution >= 4 is 5.91 Å². The van der Waals surface area contributed by atoms with Gasteiger partial charge in [-0.2, -0.15) is 0 Å². The first-order valence-corrected chi connectivity index (χ1v) is 11.7. The van der Waals surface area contributed by atoms with E-state index in [1.165, 1.54) is 30.4 Å². The molecule has 0 unspecified atom stereocenters. The smallest absolute Gasteiger partial charge is 0.217 e. The van der Waals surface area contributed by atoms with Gasteiger partial charge in [0.25, 0.3) is 0 Å². The molecule has 0 radical (unpaired) electrons. The molecule has 6 atom stereocenters. The van der Waals surface area contributed by atoms with Crippen molar-refractivity contribution in [3.63, 3.8) is 0 Å². The predicted molar refractivity (Wildman–Crippen MR) is 115 cm³/mol. The largest absolute Gasteiger partial charge is 0.508 e. The molecule has 2 fully saturated rings. The summed E-state index contributed by atoms with van der Waals surface area (Å²) in [4.78, 5) is 10.9. The molecule has 0 spiro atoms. The SMILES string of the molecule is C[C@]12C[C@H](CCCCCCC(N)=O)[C@@H]3c4ccc(O)cc4CC[C@H]3[C@@H]1CC[C@@H]2O. The average Bonchev–Trinajstić information content (AvgIpc) is 2.98. The number of aliphatic hydroxyl groups excluding tert-OH is 1. The van der Waals surface area contributed by atoms with Crippen molar-refractivity contribution < 1.29 is 15.0 Å². The number of carbonyl (C=O) groups excluding carboxylic acids is 1. The van der Waals surface area contributed by atoms with E-state index in [0.29, 0.717) is 35.8 Å². The van der Waals surface area contributed by atoms with Gasteiger partial charge in [-0.15, -0.1) is 0 Å². The number of primary amides is 1. The molecule has 4 heteroatoms. The topological polar surface area (TPSA) is 83.6 Å². The first-order chi connectivity index (χ1) is 13.9. The highest BCUT2D eigenvalue weighted by Crippen LogP contribution is 2.63. The van der Waals surface area contributed by atoms with Gasteiger partial charge >= 0.3 is 0 Å². The third kappa shape index (κ3) is 3.93. The number of fused-ring (bicyclic) bond motifs is 5. The van der Waals surface area contributed by atoms with Crippen molar-refractivity contribution in [2.45, 2.75) is 89.6 Å². The number of rotatable bonds is 7. The Morgan fingerprint density at radius 1 is 1.17 bits per heavy atom. The van der Waals surface area contributed by atoms with Gasteiger partial charge in [0.15, 0.2) is 0 Å². The molecule has 4 nitrogen and oxygen atoms in total. The summed E-state index contributed by atoms with van der Waals surface area (Å²) in [6, 6.07) is 6.01. The summed E-state index contributed by atoms with van der Waals surface area (Å²) in [5.74, 6) is 2.61. The molecule has 4 N–H and O–H groups in total. The third-order valence-electron chi connectivity index (χ3n) is 8.53. The summed E-state index contributed by atoms with van der Waals surface area (Å²) in [7, 11) is 0. The van der Waals surface area contributed by atoms with E-state index >= 15 is 0 Å². The van der Waals surface area contributed by atoms with Crippen molar-refractivity contribution in [1.29, 1.82) is 0 Å². The molecule has 0 aliphatic heterocycles. The van der Waals surface area contributed by atoms with Gasteiger partial charge in [0.2, 0.25) is 5.91 Å². The number of hydrogen-bond donors (Lipinski definition) is 3. The number of hydrogen-bond acceptors (Lipinski definition) is 3. The van der Waals surface area contributed by atoms with Gasteiger partial charge in [0.05, 0.1) is 6.10 Å². The van der Waals surface area contributed by atoms with E-state index in [1.54, 1.807) is 0 Å². The second-order valence-corrected chi connectivity index (χ2v) is 10.2. The van der Waals surface area contributed by atoms with Crippen LogP contribution in [0.15, 0.2) is 18.2 Å². The molecule has 160 valence electrons. The van der Waals surface area contributed by atoms with Gasteiger partial charge in [-0.3, -0.25) is 4.79 Å². The van der Waals surface area contributed by atoms with Crippen molar-refractivity contribution in [2.24, 2.45) is 28.9 Å². The lowest BCUT2D eigenvalue weighted by Gasteiger charge is -2.54. The minimum absolute atomic E-state index is 0.0617. The Balaban J connectivity index is 1.51. The van der Waals surface area contributed by atoms with Gasteiger partial charge in [-0.25, -0.2) is 0 Å². The number of aryl methyl sites for hydroxylation is 1. The van der Waals surface area contributed by atoms with Crippen molar-refractivity contribution in [3.05, 3.63) is 29.3 Å². The van der Waals surface area contributed by atoms with Gasteiger partial charge < -0.3 is 15.9 Å². The van der Waals surface area contributed by atoms with E-state index < -0.39 is 0 Å². The van der Waals surface area contributed by atoms with Gasteiger partial charge in [-0.05, 0) is 97.3 Å². The Hall–Kier alpha value is -1.55. The zero-order valence-corrected chi connectivity index (χ0v) is 17.8. The fourth-order valence-electron chi connectivity index (χ4n) is 7.19. The molecule has 3 aliphatic rings. The molecular weight excluding hydrogens is 362 g/mol. The first kappa shape index (κ1) is 20.7. The number of phenols is 1. The first-order valence-electron chi connectivity index (χ1n) is 11.7. The normalized spacial score (nSPS) is 35.6. The fourth-order valence-corrected chi connectivity index (χ4v) is 7.19. The van der Waals surface area contributed by atoms with E-state index in [0.717, 1.165) is 44.9 Å². The number of aliphatic hydroxyl groups is 1. The highest BCUT2D eigenvalue weighted by Gasteiger charge is 2.57. The Morgan fingerprint density at radius 3 is 2.76 bits per heavy atom. The Bertz CT molecular complexity index is 748. The highest BCUT2D eigenvalue weighted by atomic mass is 16.3. The minimum atomic E-state index is -0.198. The molecule has 3 aliphatic carbocycles. The van der Waals surface area contributed by atoms with E-state index in [4.69, 9.17) is 5.73 Å². The number of nitrogens with two attached hydrogens (primary N) is 1. The summed E-state index contributed by atoms with van der Waals surface area (Å²) < 4.78 is 0. The van der Waals surface area contributed by atoms with Crippen LogP contribution in [-0.4, -0.2) is 22.2 Å². The molecule has 0 heterocycles. The van der Waals surface area contributed by atoms with Gasteiger partial charge in [0.1, 0.15) is 5.75 Å². The van der Waals surface area contributed by atoms with Gasteiger partial charge in [0, 0.05) is 6.42 Å². The lowest BCUT2D eigenvalue weighted by molar-refractivity contribution is -0.118. The monoisotopic (exact) mass is 399 g/mol. The molecule has 1 aromatic rings. The van der Waals surface area contributed by atoms with Crippen LogP contribution in [0.1, 0.15) is 88.2 Å². The van der Waals surface area contributed by atoms with E-state index in [-0.39, 0.29) is 17.4 Å². The maximum Gasteiger partial charge on any atom is 0.217 e. The number of phenolic OH excluding ortho intramolecular Hbond substituents is 1. The summed E-state index contributed by atoms with van der Waals surface area (Å²) in [6.45, 7) is 2.34. The van der Waals surface area contributed by atoms with Crippen LogP contribution in [0.4, 0.5) is 0 Å². The molecule has 0 saturated heterocycles. The molecule has 2 saturated carbocycles. The summed E-state index contributed by atoms with van der Waals surface area (Å²) >= 11 is 0. The highest BCUT2D eigenvalue weighted by molar-refractivity contribution is 5.73. The lowest BCUT2D eigenvalue weighted by Crippen LogP contribution is -2.47. The van der Waals surface area contributed by atoms with E-state index in [1.807, 2.05) is 12.1 Å². The molecule has 0 aromatic heterocycles. The minimum Gasteiger partial charge on any atom is -0.508 e. The molecule has 1 amide bonds. The van der Waals surface area contributed by atoms with Crippen LogP contribution in [0, 0.1) is 23.2 Å². The van der Waals surface area contributed by atoms with Crippen LogP contribution in [-0.2, 0) is 11.2 Å². The zero-order valence-electron chi connectivity index (χ0n) is 17.8. The predicted octanol–water partition coefficient (Wildman–Crippen LogP) is 4.66. The van der Waals surface area contributed by atoms with E-state index in [2.05, 4.69) is 13.0 Å². The average molecular weight is 400 g/mol. The van der Waals surface area contributed by atoms with Gasteiger partial charge in [-0.1, -0.05) is 32.3 Å². The number of benzene rings is 1. The third-order valence-corrected chi connectivity index (χ3v) is 8.53. The number of aromatic hydroxyl groups is 1. The van der Waals surface area contributed by atoms with Crippen LogP contribution < -0.4 is 5.73 Å². The Kier molecular flexibility index (Phi) is 5.92. The summed E-state index contributed by atoms with van der Waals surface area (Å²) in [5.41, 5.74) is 8.10. The molecule has 1 aromatic carbocycles. The van der Waals surface area contributed by atoms with Crippen molar-refractivity contribution in [1.82, 2.24) is 0 Å². The maximum atomic E-state index is 10.9.